The molecule has 0 aliphatic heterocycles. The number of aromatic nitrogens is 2. The average molecular weight is 496 g/mol. The minimum Gasteiger partial charge on any atom is -0.166 e. The Kier molecular flexibility index (Phi) is 5.50. The first kappa shape index (κ1) is 23.8. The standard InChI is InChI=1S/C28H18F6N2/c1-15-12-22(27(29,30)31)24(28(32,33)34)23(16(15)2)26-21-14-19-11-7-6-10-18(19)13-20(21)25(35-36-26)17-8-4-3-5-9-17/h3-14H,1-2H3. The summed E-state index contributed by atoms with van der Waals surface area (Å²) in [7, 11) is 0. The quantitative estimate of drug-likeness (QED) is 0.180. The summed E-state index contributed by atoms with van der Waals surface area (Å²) in [6.45, 7) is 2.73. The van der Waals surface area contributed by atoms with Crippen LogP contribution in [0.4, 0.5) is 26.3 Å². The highest BCUT2D eigenvalue weighted by atomic mass is 19.4. The molecule has 1 heterocycles. The lowest BCUT2D eigenvalue weighted by molar-refractivity contribution is -0.161. The van der Waals surface area contributed by atoms with E-state index in [-0.39, 0.29) is 22.2 Å². The smallest absolute Gasteiger partial charge is 0.166 e. The zero-order chi connectivity index (χ0) is 25.8. The van der Waals surface area contributed by atoms with Gasteiger partial charge in [-0.2, -0.15) is 26.3 Å². The number of hydrogen-bond donors (Lipinski definition) is 0. The Morgan fingerprint density at radius 1 is 0.611 bits per heavy atom. The van der Waals surface area contributed by atoms with E-state index < -0.39 is 29.0 Å². The van der Waals surface area contributed by atoms with Crippen LogP contribution in [0.3, 0.4) is 0 Å². The second kappa shape index (κ2) is 8.33. The highest BCUT2D eigenvalue weighted by Crippen LogP contribution is 2.48. The van der Waals surface area contributed by atoms with E-state index in [4.69, 9.17) is 0 Å². The number of fused-ring (bicyclic) bond motifs is 2. The maximum Gasteiger partial charge on any atom is 0.417 e. The van der Waals surface area contributed by atoms with Gasteiger partial charge in [0.1, 0.15) is 11.4 Å². The van der Waals surface area contributed by atoms with E-state index in [0.717, 1.165) is 5.39 Å². The molecule has 36 heavy (non-hydrogen) atoms. The molecule has 0 N–H and O–H groups in total. The molecule has 0 unspecified atom stereocenters. The number of nitrogens with zero attached hydrogens (tertiary/aromatic N) is 2. The maximum atomic E-state index is 14.3. The molecule has 5 rings (SSSR count). The van der Waals surface area contributed by atoms with Gasteiger partial charge in [0.05, 0.1) is 11.1 Å². The van der Waals surface area contributed by atoms with Crippen molar-refractivity contribution in [2.24, 2.45) is 0 Å². The summed E-state index contributed by atoms with van der Waals surface area (Å²) >= 11 is 0. The normalized spacial score (nSPS) is 12.4. The topological polar surface area (TPSA) is 25.8 Å². The van der Waals surface area contributed by atoms with Crippen LogP contribution < -0.4 is 0 Å². The molecule has 0 aliphatic carbocycles. The van der Waals surface area contributed by atoms with E-state index in [1.165, 1.54) is 13.8 Å². The Labute approximate surface area is 202 Å². The minimum absolute atomic E-state index is 0.0616. The third-order valence-corrected chi connectivity index (χ3v) is 6.37. The van der Waals surface area contributed by atoms with Crippen LogP contribution in [0.15, 0.2) is 72.8 Å². The van der Waals surface area contributed by atoms with E-state index >= 15 is 0 Å². The molecule has 0 bridgehead atoms. The van der Waals surface area contributed by atoms with Gasteiger partial charge in [-0.3, -0.25) is 0 Å². The predicted molar refractivity (Wildman–Crippen MR) is 127 cm³/mol. The summed E-state index contributed by atoms with van der Waals surface area (Å²) in [5.41, 5.74) is -3.10. The lowest BCUT2D eigenvalue weighted by atomic mass is 9.87. The molecule has 8 heteroatoms. The van der Waals surface area contributed by atoms with Crippen LogP contribution in [0.5, 0.6) is 0 Å². The highest BCUT2D eigenvalue weighted by Gasteiger charge is 2.46. The van der Waals surface area contributed by atoms with Gasteiger partial charge in [-0.25, -0.2) is 0 Å². The fourth-order valence-corrected chi connectivity index (χ4v) is 4.56. The van der Waals surface area contributed by atoms with Gasteiger partial charge in [-0.15, -0.1) is 10.2 Å². The first-order valence-electron chi connectivity index (χ1n) is 11.0. The predicted octanol–water partition coefficient (Wildman–Crippen LogP) is 8.77. The van der Waals surface area contributed by atoms with Crippen molar-refractivity contribution in [1.82, 2.24) is 10.2 Å². The molecule has 2 nitrogen and oxygen atoms in total. The van der Waals surface area contributed by atoms with Crippen molar-refractivity contribution >= 4 is 21.5 Å². The minimum atomic E-state index is -5.28. The van der Waals surface area contributed by atoms with Gasteiger partial charge in [0.15, 0.2) is 0 Å². The zero-order valence-corrected chi connectivity index (χ0v) is 19.1. The van der Waals surface area contributed by atoms with Crippen LogP contribution in [0.2, 0.25) is 0 Å². The van der Waals surface area contributed by atoms with Crippen molar-refractivity contribution in [3.8, 4) is 22.5 Å². The van der Waals surface area contributed by atoms with E-state index in [9.17, 15) is 26.3 Å². The number of aryl methyl sites for hydroxylation is 1. The van der Waals surface area contributed by atoms with Crippen LogP contribution >= 0.6 is 0 Å². The van der Waals surface area contributed by atoms with E-state index in [1.807, 2.05) is 18.2 Å². The largest absolute Gasteiger partial charge is 0.417 e. The van der Waals surface area contributed by atoms with Crippen LogP contribution in [0.1, 0.15) is 22.3 Å². The molecule has 0 saturated heterocycles. The van der Waals surface area contributed by atoms with Gasteiger partial charge < -0.3 is 0 Å². The Morgan fingerprint density at radius 3 is 1.69 bits per heavy atom. The fraction of sp³-hybridized carbons (Fsp3) is 0.143. The molecule has 0 aliphatic rings. The van der Waals surface area contributed by atoms with E-state index in [2.05, 4.69) is 10.2 Å². The third kappa shape index (κ3) is 3.96. The highest BCUT2D eigenvalue weighted by molar-refractivity contribution is 6.09. The molecular weight excluding hydrogens is 478 g/mol. The molecule has 4 aromatic carbocycles. The molecular formula is C28H18F6N2. The van der Waals surface area contributed by atoms with Crippen molar-refractivity contribution in [2.45, 2.75) is 26.2 Å². The Hall–Kier alpha value is -3.94. The number of hydrogen-bond acceptors (Lipinski definition) is 2. The molecule has 1 aromatic heterocycles. The van der Waals surface area contributed by atoms with Gasteiger partial charge in [0.25, 0.3) is 0 Å². The Morgan fingerprint density at radius 2 is 1.14 bits per heavy atom. The fourth-order valence-electron chi connectivity index (χ4n) is 4.56. The number of rotatable bonds is 2. The molecule has 0 amide bonds. The monoisotopic (exact) mass is 496 g/mol. The summed E-state index contributed by atoms with van der Waals surface area (Å²) in [6, 6.07) is 20.2. The molecule has 0 atom stereocenters. The van der Waals surface area contributed by atoms with Crippen molar-refractivity contribution in [3.05, 3.63) is 95.1 Å². The Balaban J connectivity index is 1.97. The SMILES string of the molecule is Cc1cc(C(F)(F)F)c(C(F)(F)F)c(-c2nnc(-c3ccccc3)c3cc4ccccc4cc23)c1C. The van der Waals surface area contributed by atoms with Gasteiger partial charge in [0, 0.05) is 21.9 Å². The molecule has 0 spiro atoms. The summed E-state index contributed by atoms with van der Waals surface area (Å²) in [4.78, 5) is 0. The second-order valence-electron chi connectivity index (χ2n) is 8.62. The van der Waals surface area contributed by atoms with E-state index in [1.54, 1.807) is 48.5 Å². The van der Waals surface area contributed by atoms with Gasteiger partial charge >= 0.3 is 12.4 Å². The van der Waals surface area contributed by atoms with Crippen LogP contribution in [-0.4, -0.2) is 10.2 Å². The molecule has 0 radical (unpaired) electrons. The Bertz CT molecular complexity index is 1620. The molecule has 0 fully saturated rings. The number of alkyl halides is 6. The van der Waals surface area contributed by atoms with Crippen LogP contribution in [0, 0.1) is 13.8 Å². The van der Waals surface area contributed by atoms with Gasteiger partial charge in [0.2, 0.25) is 0 Å². The summed E-state index contributed by atoms with van der Waals surface area (Å²) in [6.07, 6.45) is -10.5. The summed E-state index contributed by atoms with van der Waals surface area (Å²) in [5.74, 6) is 0. The summed E-state index contributed by atoms with van der Waals surface area (Å²) in [5, 5.41) is 10.7. The van der Waals surface area contributed by atoms with Crippen LogP contribution in [0.25, 0.3) is 44.1 Å². The first-order valence-corrected chi connectivity index (χ1v) is 11.0. The van der Waals surface area contributed by atoms with Crippen LogP contribution in [-0.2, 0) is 12.4 Å². The van der Waals surface area contributed by atoms with Crippen molar-refractivity contribution in [2.75, 3.05) is 0 Å². The maximum absolute atomic E-state index is 14.3. The lowest BCUT2D eigenvalue weighted by Gasteiger charge is -2.23. The first-order chi connectivity index (χ1) is 17.0. The van der Waals surface area contributed by atoms with E-state index in [0.29, 0.717) is 28.1 Å². The zero-order valence-electron chi connectivity index (χ0n) is 19.1. The second-order valence-corrected chi connectivity index (χ2v) is 8.62. The number of halogens is 6. The molecule has 182 valence electrons. The van der Waals surface area contributed by atoms with Gasteiger partial charge in [-0.1, -0.05) is 54.6 Å². The third-order valence-electron chi connectivity index (χ3n) is 6.37. The van der Waals surface area contributed by atoms with Crippen molar-refractivity contribution in [3.63, 3.8) is 0 Å². The summed E-state index contributed by atoms with van der Waals surface area (Å²) < 4.78 is 84.4. The number of benzene rings is 4. The average Bonchev–Trinajstić information content (AvgIpc) is 2.83. The van der Waals surface area contributed by atoms with Crippen molar-refractivity contribution in [1.29, 1.82) is 0 Å². The molecule has 0 saturated carbocycles. The van der Waals surface area contributed by atoms with Crippen molar-refractivity contribution < 1.29 is 26.3 Å². The lowest BCUT2D eigenvalue weighted by Crippen LogP contribution is -2.20. The van der Waals surface area contributed by atoms with Gasteiger partial charge in [-0.05, 0) is 53.9 Å². The molecule has 5 aromatic rings.